The van der Waals surface area contributed by atoms with Gasteiger partial charge in [-0.25, -0.2) is 0 Å². The minimum absolute atomic E-state index is 0.0831. The van der Waals surface area contributed by atoms with Crippen LogP contribution in [0.2, 0.25) is 0 Å². The Morgan fingerprint density at radius 3 is 2.50 bits per heavy atom. The summed E-state index contributed by atoms with van der Waals surface area (Å²) in [5, 5.41) is 11.2. The summed E-state index contributed by atoms with van der Waals surface area (Å²) in [5.74, 6) is -0.0633. The van der Waals surface area contributed by atoms with Crippen molar-refractivity contribution in [2.24, 2.45) is 28.6 Å². The fourth-order valence-electron chi connectivity index (χ4n) is 6.50. The highest BCUT2D eigenvalue weighted by atomic mass is 16.5. The molecule has 0 amide bonds. The van der Waals surface area contributed by atoms with Gasteiger partial charge < -0.3 is 9.84 Å². The molecular formula is C29H43NO4. The summed E-state index contributed by atoms with van der Waals surface area (Å²) in [6.45, 7) is 15.6. The lowest BCUT2D eigenvalue weighted by Gasteiger charge is -2.56. The predicted molar refractivity (Wildman–Crippen MR) is 135 cm³/mol. The monoisotopic (exact) mass is 469 g/mol. The largest absolute Gasteiger partial charge is 0.461 e. The lowest BCUT2D eigenvalue weighted by molar-refractivity contribution is -0.186. The van der Waals surface area contributed by atoms with Crippen LogP contribution >= 0.6 is 0 Å². The molecule has 5 nitrogen and oxygen atoms in total. The van der Waals surface area contributed by atoms with Crippen molar-refractivity contribution < 1.29 is 19.4 Å². The highest BCUT2D eigenvalue weighted by Crippen LogP contribution is 2.57. The molecule has 188 valence electrons. The van der Waals surface area contributed by atoms with Gasteiger partial charge >= 0.3 is 5.97 Å². The van der Waals surface area contributed by atoms with E-state index in [1.54, 1.807) is 6.92 Å². The van der Waals surface area contributed by atoms with Crippen LogP contribution in [0.15, 0.2) is 43.0 Å². The molecular weight excluding hydrogens is 426 g/mol. The third-order valence-electron chi connectivity index (χ3n) is 9.01. The number of esters is 1. The molecule has 1 aromatic rings. The molecule has 3 unspecified atom stereocenters. The van der Waals surface area contributed by atoms with Gasteiger partial charge in [-0.15, -0.1) is 6.58 Å². The van der Waals surface area contributed by atoms with Gasteiger partial charge in [-0.05, 0) is 56.6 Å². The number of hydrogen-bond acceptors (Lipinski definition) is 5. The molecule has 0 spiro atoms. The number of ether oxygens (including phenoxy) is 1. The predicted octanol–water partition coefficient (Wildman–Crippen LogP) is 5.02. The van der Waals surface area contributed by atoms with Crippen molar-refractivity contribution in [1.29, 1.82) is 0 Å². The van der Waals surface area contributed by atoms with Crippen molar-refractivity contribution >= 4 is 11.8 Å². The zero-order valence-electron chi connectivity index (χ0n) is 21.6. The Kier molecular flexibility index (Phi) is 8.41. The lowest BCUT2D eigenvalue weighted by atomic mass is 9.50. The Labute approximate surface area is 205 Å². The highest BCUT2D eigenvalue weighted by Gasteiger charge is 2.58. The van der Waals surface area contributed by atoms with Crippen LogP contribution in [0.5, 0.6) is 0 Å². The number of aliphatic hydroxyl groups excluding tert-OH is 1. The Morgan fingerprint density at radius 1 is 1.24 bits per heavy atom. The van der Waals surface area contributed by atoms with Crippen LogP contribution in [0.3, 0.4) is 0 Å². The maximum Gasteiger partial charge on any atom is 0.320 e. The second-order valence-electron chi connectivity index (χ2n) is 11.1. The van der Waals surface area contributed by atoms with E-state index in [1.807, 2.05) is 38.1 Å². The number of likely N-dealkylation sites (N-methyl/N-ethyl adjacent to an activating group) is 1. The molecule has 0 aromatic heterocycles. The summed E-state index contributed by atoms with van der Waals surface area (Å²) < 4.78 is 6.29. The van der Waals surface area contributed by atoms with E-state index < -0.39 is 23.0 Å². The molecule has 0 heterocycles. The smallest absolute Gasteiger partial charge is 0.320 e. The van der Waals surface area contributed by atoms with Crippen LogP contribution in [-0.4, -0.2) is 47.1 Å². The minimum Gasteiger partial charge on any atom is -0.461 e. The maximum atomic E-state index is 13.3. The van der Waals surface area contributed by atoms with Crippen molar-refractivity contribution in [3.8, 4) is 0 Å². The van der Waals surface area contributed by atoms with E-state index in [0.717, 1.165) is 24.9 Å². The van der Waals surface area contributed by atoms with E-state index in [2.05, 4.69) is 37.5 Å². The van der Waals surface area contributed by atoms with Crippen molar-refractivity contribution in [3.63, 3.8) is 0 Å². The summed E-state index contributed by atoms with van der Waals surface area (Å²) in [6.07, 6.45) is 3.63. The van der Waals surface area contributed by atoms with Crippen molar-refractivity contribution in [2.45, 2.75) is 79.1 Å². The van der Waals surface area contributed by atoms with Crippen LogP contribution in [0.1, 0.15) is 65.9 Å². The number of carbonyl (C=O) groups is 2. The molecule has 0 radical (unpaired) electrons. The third kappa shape index (κ3) is 5.31. The molecule has 2 bridgehead atoms. The molecule has 2 fully saturated rings. The van der Waals surface area contributed by atoms with Crippen LogP contribution in [0.25, 0.3) is 0 Å². The number of nitrogens with zero attached hydrogens (tertiary/aromatic N) is 1. The molecule has 2 aliphatic carbocycles. The van der Waals surface area contributed by atoms with E-state index in [4.69, 9.17) is 4.74 Å². The first kappa shape index (κ1) is 26.6. The van der Waals surface area contributed by atoms with Crippen molar-refractivity contribution in [1.82, 2.24) is 4.90 Å². The molecule has 0 aliphatic heterocycles. The first-order chi connectivity index (χ1) is 16.0. The van der Waals surface area contributed by atoms with Gasteiger partial charge in [0, 0.05) is 23.3 Å². The van der Waals surface area contributed by atoms with Gasteiger partial charge in [0.25, 0.3) is 0 Å². The van der Waals surface area contributed by atoms with Crippen LogP contribution < -0.4 is 0 Å². The number of fused-ring (bicyclic) bond motifs is 2. The van der Waals surface area contributed by atoms with Crippen LogP contribution in [0, 0.1) is 28.6 Å². The Hall–Kier alpha value is -1.98. The first-order valence-corrected chi connectivity index (χ1v) is 12.8. The summed E-state index contributed by atoms with van der Waals surface area (Å²) in [6, 6.07) is 10.1. The normalized spacial score (nSPS) is 35.8. The van der Waals surface area contributed by atoms with Gasteiger partial charge in [0.15, 0.2) is 0 Å². The number of carbonyl (C=O) groups excluding carboxylic acids is 2. The standard InChI is InChI=1S/C29H43NO4/c1-7-28(5)17-25(34-26(33)19-30(8-2)18-22-12-10-9-11-13-22)29(6)20(3)14-15-23(16-24(28)32)27(29)21(4)31/h7,9-13,20,23-25,27,32H,1,8,14-19H2,2-6H3/t20?,23?,24-,25+,27?,28+,29-/m0/s1. The average Bonchev–Trinajstić information content (AvgIpc) is 2.80. The van der Waals surface area contributed by atoms with Crippen LogP contribution in [0.4, 0.5) is 0 Å². The van der Waals surface area contributed by atoms with Crippen molar-refractivity contribution in [3.05, 3.63) is 48.6 Å². The van der Waals surface area contributed by atoms with Crippen LogP contribution in [-0.2, 0) is 20.9 Å². The second-order valence-corrected chi connectivity index (χ2v) is 11.1. The van der Waals surface area contributed by atoms with Gasteiger partial charge in [0.1, 0.15) is 11.9 Å². The third-order valence-corrected chi connectivity index (χ3v) is 9.01. The fraction of sp³-hybridized carbons (Fsp3) is 0.655. The quantitative estimate of drug-likeness (QED) is 0.427. The zero-order valence-corrected chi connectivity index (χ0v) is 21.6. The summed E-state index contributed by atoms with van der Waals surface area (Å²) >= 11 is 0. The van der Waals surface area contributed by atoms with Gasteiger partial charge in [0.05, 0.1) is 12.6 Å². The van der Waals surface area contributed by atoms with Gasteiger partial charge in [0.2, 0.25) is 0 Å². The molecule has 2 saturated carbocycles. The van der Waals surface area contributed by atoms with E-state index in [9.17, 15) is 14.7 Å². The summed E-state index contributed by atoms with van der Waals surface area (Å²) in [4.78, 5) is 28.3. The number of ketones is 1. The number of rotatable bonds is 8. The number of hydrogen-bond donors (Lipinski definition) is 1. The molecule has 0 saturated heterocycles. The van der Waals surface area contributed by atoms with Gasteiger partial charge in [-0.2, -0.15) is 0 Å². The van der Waals surface area contributed by atoms with Crippen molar-refractivity contribution in [2.75, 3.05) is 13.1 Å². The molecule has 7 atom stereocenters. The van der Waals surface area contributed by atoms with E-state index in [1.165, 1.54) is 0 Å². The Morgan fingerprint density at radius 2 is 1.91 bits per heavy atom. The molecule has 1 N–H and O–H groups in total. The zero-order chi connectivity index (χ0) is 25.1. The molecule has 1 aromatic carbocycles. The highest BCUT2D eigenvalue weighted by molar-refractivity contribution is 5.80. The number of aliphatic hydroxyl groups is 1. The van der Waals surface area contributed by atoms with E-state index in [0.29, 0.717) is 19.4 Å². The molecule has 2 aliphatic rings. The number of Topliss-reactive ketones (excluding diaryl/α,β-unsaturated/α-hetero) is 1. The Balaban J connectivity index is 1.89. The SMILES string of the molecule is C=C[C@]1(C)C[C@@H](OC(=O)CN(CC)Cc2ccccc2)[C@]2(C)C(C)CCC(C[C@@H]1O)C2C(C)=O. The number of benzene rings is 1. The average molecular weight is 470 g/mol. The van der Waals surface area contributed by atoms with E-state index >= 15 is 0 Å². The van der Waals surface area contributed by atoms with E-state index in [-0.39, 0.29) is 36.1 Å². The fourth-order valence-corrected chi connectivity index (χ4v) is 6.50. The first-order valence-electron chi connectivity index (χ1n) is 12.8. The summed E-state index contributed by atoms with van der Waals surface area (Å²) in [5.41, 5.74) is 0.0843. The molecule has 34 heavy (non-hydrogen) atoms. The Bertz CT molecular complexity index is 870. The lowest BCUT2D eigenvalue weighted by Crippen LogP contribution is -2.58. The second kappa shape index (κ2) is 10.7. The topological polar surface area (TPSA) is 66.8 Å². The van der Waals surface area contributed by atoms with Gasteiger partial charge in [-0.1, -0.05) is 64.1 Å². The van der Waals surface area contributed by atoms with Gasteiger partial charge in [-0.3, -0.25) is 14.5 Å². The summed E-state index contributed by atoms with van der Waals surface area (Å²) in [7, 11) is 0. The molecule has 3 rings (SSSR count). The minimum atomic E-state index is -0.624. The maximum absolute atomic E-state index is 13.3. The molecule has 5 heteroatoms.